The lowest BCUT2D eigenvalue weighted by atomic mass is 9.89. The van der Waals surface area contributed by atoms with Gasteiger partial charge in [0.1, 0.15) is 11.5 Å². The van der Waals surface area contributed by atoms with Crippen LogP contribution in [-0.2, 0) is 27.7 Å². The number of nitrogens with zero attached hydrogens (tertiary/aromatic N) is 5. The fraction of sp³-hybridized carbons (Fsp3) is 0.308. The van der Waals surface area contributed by atoms with Crippen LogP contribution in [0.25, 0.3) is 11.4 Å². The Morgan fingerprint density at radius 1 is 1.02 bits per heavy atom. The molecule has 2 aromatic heterocycles. The van der Waals surface area contributed by atoms with Gasteiger partial charge in [-0.2, -0.15) is 26.3 Å². The van der Waals surface area contributed by atoms with E-state index < -0.39 is 44.4 Å². The number of aromatic nitrogens is 5. The highest BCUT2D eigenvalue weighted by Crippen LogP contribution is 2.45. The summed E-state index contributed by atoms with van der Waals surface area (Å²) in [6, 6.07) is 8.79. The minimum Gasteiger partial charge on any atom is -0.371 e. The zero-order valence-corrected chi connectivity index (χ0v) is 23.4. The molecule has 0 aliphatic rings. The molecule has 220 valence electrons. The molecule has 0 radical (unpaired) electrons. The quantitative estimate of drug-likeness (QED) is 0.218. The van der Waals surface area contributed by atoms with E-state index in [0.29, 0.717) is 18.4 Å². The molecule has 1 unspecified atom stereocenters. The van der Waals surface area contributed by atoms with Crippen LogP contribution >= 0.6 is 11.6 Å². The topological polar surface area (TPSA) is 85.8 Å². The number of halogens is 7. The number of hydrogen-bond acceptors (Lipinski definition) is 5. The van der Waals surface area contributed by atoms with Gasteiger partial charge in [0.15, 0.2) is 5.69 Å². The second-order valence-electron chi connectivity index (χ2n) is 9.62. The standard InChI is InChI=1S/C26H24ClF6N5O2S/c1-16-35-22(25(28,29)30)15-37(16)20-11-6-17(5-4-12-41(2,3)40)13-21(20)38-23(14-34-36-38)24(39,26(31,32)33)18-7-9-19(27)10-8-18/h6-15,39H,4-5H2,1-3H3. The first-order chi connectivity index (χ1) is 18.9. The fourth-order valence-corrected chi connectivity index (χ4v) is 5.08. The van der Waals surface area contributed by atoms with Gasteiger partial charge in [-0.05, 0) is 70.0 Å². The lowest BCUT2D eigenvalue weighted by Crippen LogP contribution is -2.45. The Kier molecular flexibility index (Phi) is 8.06. The second-order valence-corrected chi connectivity index (χ2v) is 13.0. The highest BCUT2D eigenvalue weighted by molar-refractivity contribution is 8.00. The maximum atomic E-state index is 14.6. The number of alkyl halides is 6. The summed E-state index contributed by atoms with van der Waals surface area (Å²) in [5.41, 5.74) is -5.76. The third-order valence-corrected chi connectivity index (χ3v) is 7.54. The Bertz CT molecular complexity index is 1680. The van der Waals surface area contributed by atoms with Crippen LogP contribution in [0.5, 0.6) is 0 Å². The van der Waals surface area contributed by atoms with Crippen molar-refractivity contribution in [3.8, 4) is 11.4 Å². The summed E-state index contributed by atoms with van der Waals surface area (Å²) >= 11 is 5.85. The Labute approximate surface area is 236 Å². The number of aryl methyl sites for hydroxylation is 2. The first-order valence-corrected chi connectivity index (χ1v) is 14.7. The van der Waals surface area contributed by atoms with E-state index in [1.807, 2.05) is 0 Å². The Morgan fingerprint density at radius 2 is 1.68 bits per heavy atom. The van der Waals surface area contributed by atoms with Gasteiger partial charge < -0.3 is 9.67 Å². The molecule has 0 amide bonds. The van der Waals surface area contributed by atoms with Crippen molar-refractivity contribution in [2.24, 2.45) is 0 Å². The van der Waals surface area contributed by atoms with Crippen LogP contribution < -0.4 is 0 Å². The summed E-state index contributed by atoms with van der Waals surface area (Å²) < 4.78 is 98.0. The van der Waals surface area contributed by atoms with E-state index in [2.05, 4.69) is 15.3 Å². The summed E-state index contributed by atoms with van der Waals surface area (Å²) in [5.74, 6) is -0.0955. The molecular formula is C26H24ClF6N5O2S. The van der Waals surface area contributed by atoms with Crippen molar-refractivity contribution >= 4 is 26.5 Å². The number of benzene rings is 2. The predicted molar refractivity (Wildman–Crippen MR) is 143 cm³/mol. The second kappa shape index (κ2) is 10.8. The molecule has 0 aliphatic heterocycles. The largest absolute Gasteiger partial charge is 0.434 e. The SMILES string of the molecule is Cc1nc(C(F)(F)F)cn1-c1ccc(CCC=S(C)(C)=O)cc1-n1nncc1C(O)(c1ccc(Cl)cc1)C(F)(F)F. The van der Waals surface area contributed by atoms with E-state index in [1.165, 1.54) is 31.2 Å². The van der Waals surface area contributed by atoms with E-state index in [1.54, 1.807) is 23.9 Å². The van der Waals surface area contributed by atoms with E-state index in [0.717, 1.165) is 33.8 Å². The monoisotopic (exact) mass is 619 g/mol. The van der Waals surface area contributed by atoms with E-state index in [4.69, 9.17) is 11.6 Å². The smallest absolute Gasteiger partial charge is 0.371 e. The lowest BCUT2D eigenvalue weighted by molar-refractivity contribution is -0.250. The molecule has 41 heavy (non-hydrogen) atoms. The van der Waals surface area contributed by atoms with Crippen LogP contribution in [0.3, 0.4) is 0 Å². The average Bonchev–Trinajstić information content (AvgIpc) is 3.50. The first-order valence-electron chi connectivity index (χ1n) is 11.9. The molecule has 4 rings (SSSR count). The average molecular weight is 620 g/mol. The van der Waals surface area contributed by atoms with Crippen molar-refractivity contribution < 1.29 is 35.7 Å². The predicted octanol–water partition coefficient (Wildman–Crippen LogP) is 5.51. The summed E-state index contributed by atoms with van der Waals surface area (Å²) in [7, 11) is -2.18. The van der Waals surface area contributed by atoms with Crippen molar-refractivity contribution in [3.05, 3.63) is 88.2 Å². The molecule has 0 spiro atoms. The van der Waals surface area contributed by atoms with Crippen LogP contribution in [0.1, 0.15) is 34.8 Å². The summed E-state index contributed by atoms with van der Waals surface area (Å²) in [6.07, 6.45) is -4.82. The minimum atomic E-state index is -5.27. The van der Waals surface area contributed by atoms with E-state index in [-0.39, 0.29) is 22.2 Å². The third-order valence-electron chi connectivity index (χ3n) is 6.24. The molecule has 4 aromatic rings. The van der Waals surface area contributed by atoms with Crippen LogP contribution in [0.2, 0.25) is 5.02 Å². The Morgan fingerprint density at radius 3 is 2.24 bits per heavy atom. The molecule has 0 saturated heterocycles. The van der Waals surface area contributed by atoms with Gasteiger partial charge in [0, 0.05) is 23.7 Å². The fourth-order valence-electron chi connectivity index (χ4n) is 4.27. The maximum absolute atomic E-state index is 14.6. The molecule has 1 N–H and O–H groups in total. The van der Waals surface area contributed by atoms with Gasteiger partial charge in [0.2, 0.25) is 5.60 Å². The van der Waals surface area contributed by atoms with Crippen molar-refractivity contribution in [2.45, 2.75) is 37.7 Å². The van der Waals surface area contributed by atoms with Crippen molar-refractivity contribution in [1.29, 1.82) is 0 Å². The molecule has 2 heterocycles. The summed E-state index contributed by atoms with van der Waals surface area (Å²) in [4.78, 5) is 3.56. The third kappa shape index (κ3) is 6.28. The minimum absolute atomic E-state index is 0.000361. The zero-order valence-electron chi connectivity index (χ0n) is 21.8. The molecule has 0 bridgehead atoms. The molecule has 0 saturated carbocycles. The van der Waals surface area contributed by atoms with Gasteiger partial charge in [0.25, 0.3) is 0 Å². The van der Waals surface area contributed by atoms with Gasteiger partial charge in [-0.25, -0.2) is 9.67 Å². The number of hydrogen-bond donors (Lipinski definition) is 1. The van der Waals surface area contributed by atoms with E-state index in [9.17, 15) is 35.7 Å². The van der Waals surface area contributed by atoms with Crippen molar-refractivity contribution in [1.82, 2.24) is 24.5 Å². The summed E-state index contributed by atoms with van der Waals surface area (Å²) in [5, 5.41) is 20.4. The first kappa shape index (κ1) is 30.6. The number of rotatable bonds is 7. The number of imidazole rings is 1. The Hall–Kier alpha value is -3.36. The van der Waals surface area contributed by atoms with Crippen LogP contribution in [0, 0.1) is 6.92 Å². The molecular weight excluding hydrogens is 596 g/mol. The zero-order chi connectivity index (χ0) is 30.4. The van der Waals surface area contributed by atoms with Crippen LogP contribution in [0.15, 0.2) is 54.9 Å². The van der Waals surface area contributed by atoms with Gasteiger partial charge in [-0.3, -0.25) is 4.21 Å². The van der Waals surface area contributed by atoms with Crippen molar-refractivity contribution in [3.63, 3.8) is 0 Å². The van der Waals surface area contributed by atoms with Gasteiger partial charge in [-0.15, -0.1) is 5.10 Å². The van der Waals surface area contributed by atoms with Crippen molar-refractivity contribution in [2.75, 3.05) is 12.5 Å². The van der Waals surface area contributed by atoms with E-state index >= 15 is 0 Å². The Balaban J connectivity index is 1.97. The number of aliphatic hydroxyl groups is 1. The summed E-state index contributed by atoms with van der Waals surface area (Å²) in [6.45, 7) is 1.31. The normalized spacial score (nSPS) is 14.2. The molecule has 7 nitrogen and oxygen atoms in total. The molecule has 15 heteroatoms. The highest BCUT2D eigenvalue weighted by Gasteiger charge is 2.58. The van der Waals surface area contributed by atoms with Gasteiger partial charge in [0.05, 0.1) is 17.6 Å². The van der Waals surface area contributed by atoms with Crippen LogP contribution in [-0.4, -0.2) is 57.9 Å². The lowest BCUT2D eigenvalue weighted by Gasteiger charge is -2.31. The highest BCUT2D eigenvalue weighted by atomic mass is 35.5. The van der Waals surface area contributed by atoms with Crippen LogP contribution in [0.4, 0.5) is 26.3 Å². The molecule has 2 aromatic carbocycles. The molecule has 0 fully saturated rings. The maximum Gasteiger partial charge on any atom is 0.434 e. The van der Waals surface area contributed by atoms with Gasteiger partial charge >= 0.3 is 12.4 Å². The van der Waals surface area contributed by atoms with Gasteiger partial charge in [-0.1, -0.05) is 35.0 Å². The molecule has 0 aliphatic carbocycles. The molecule has 1 atom stereocenters.